The molecule has 0 heterocycles. The second-order valence-electron chi connectivity index (χ2n) is 6.99. The van der Waals surface area contributed by atoms with Gasteiger partial charge in [0, 0.05) is 18.2 Å². The molecule has 0 unspecified atom stereocenters. The topological polar surface area (TPSA) is 111 Å². The Morgan fingerprint density at radius 2 is 1.83 bits per heavy atom. The molecule has 2 N–H and O–H groups in total. The molecular weight excluding hydrogens is 381 g/mol. The number of carbonyl (C=O) groups excluding carboxylic acids is 2. The minimum Gasteiger partial charge on any atom is -0.444 e. The van der Waals surface area contributed by atoms with Gasteiger partial charge in [-0.15, -0.1) is 0 Å². The Labute approximate surface area is 166 Å². The molecule has 152 valence electrons. The van der Waals surface area contributed by atoms with Gasteiger partial charge in [0.2, 0.25) is 5.91 Å². The molecule has 0 saturated carbocycles. The summed E-state index contributed by atoms with van der Waals surface area (Å²) >= 11 is 0. The number of rotatable bonds is 5. The monoisotopic (exact) mass is 401 g/mol. The van der Waals surface area contributed by atoms with E-state index in [2.05, 4.69) is 10.6 Å². The van der Waals surface area contributed by atoms with Gasteiger partial charge in [-0.1, -0.05) is 12.1 Å². The zero-order valence-electron chi connectivity index (χ0n) is 16.1. The van der Waals surface area contributed by atoms with Gasteiger partial charge in [0.1, 0.15) is 11.4 Å². The van der Waals surface area contributed by atoms with Crippen LogP contribution in [0.3, 0.4) is 0 Å². The van der Waals surface area contributed by atoms with Crippen molar-refractivity contribution in [3.8, 4) is 0 Å². The maximum Gasteiger partial charge on any atom is 0.412 e. The molecule has 0 aliphatic carbocycles. The lowest BCUT2D eigenvalue weighted by molar-refractivity contribution is -0.384. The van der Waals surface area contributed by atoms with E-state index >= 15 is 0 Å². The third kappa shape index (κ3) is 7.06. The van der Waals surface area contributed by atoms with Crippen molar-refractivity contribution in [1.29, 1.82) is 0 Å². The Balaban J connectivity index is 2.13. The van der Waals surface area contributed by atoms with E-state index in [9.17, 15) is 24.1 Å². The Bertz CT molecular complexity index is 967. The molecule has 2 rings (SSSR count). The second kappa shape index (κ2) is 8.96. The highest BCUT2D eigenvalue weighted by molar-refractivity contribution is 6.05. The fourth-order valence-corrected chi connectivity index (χ4v) is 2.23. The average molecular weight is 401 g/mol. The van der Waals surface area contributed by atoms with Gasteiger partial charge < -0.3 is 10.1 Å². The van der Waals surface area contributed by atoms with E-state index < -0.39 is 28.3 Å². The molecule has 0 saturated heterocycles. The number of nitro benzene ring substituents is 1. The first kappa shape index (κ1) is 21.5. The molecule has 0 aromatic heterocycles. The lowest BCUT2D eigenvalue weighted by atomic mass is 10.2. The first-order valence-corrected chi connectivity index (χ1v) is 8.56. The largest absolute Gasteiger partial charge is 0.444 e. The van der Waals surface area contributed by atoms with Crippen molar-refractivity contribution in [3.63, 3.8) is 0 Å². The molecule has 9 heteroatoms. The van der Waals surface area contributed by atoms with Crippen LogP contribution in [-0.4, -0.2) is 22.5 Å². The number of benzene rings is 2. The number of non-ortho nitro benzene ring substituents is 1. The van der Waals surface area contributed by atoms with Gasteiger partial charge in [0.25, 0.3) is 5.69 Å². The van der Waals surface area contributed by atoms with Crippen molar-refractivity contribution in [3.05, 3.63) is 70.0 Å². The summed E-state index contributed by atoms with van der Waals surface area (Å²) < 4.78 is 18.7. The second-order valence-corrected chi connectivity index (χ2v) is 6.99. The van der Waals surface area contributed by atoms with Crippen LogP contribution in [-0.2, 0) is 9.53 Å². The number of amides is 2. The quantitative estimate of drug-likeness (QED) is 0.427. The summed E-state index contributed by atoms with van der Waals surface area (Å²) in [4.78, 5) is 34.4. The Kier molecular flexibility index (Phi) is 6.66. The van der Waals surface area contributed by atoms with Gasteiger partial charge in [-0.05, 0) is 50.6 Å². The summed E-state index contributed by atoms with van der Waals surface area (Å²) in [6.07, 6.45) is 1.76. The SMILES string of the molecule is CC(C)(C)OC(=O)Nc1ccc(F)cc1NC(=O)/C=C/c1cccc([N+](=O)[O-])c1. The lowest BCUT2D eigenvalue weighted by Gasteiger charge is -2.20. The molecule has 2 amide bonds. The van der Waals surface area contributed by atoms with Crippen molar-refractivity contribution in [2.45, 2.75) is 26.4 Å². The first-order valence-electron chi connectivity index (χ1n) is 8.56. The molecule has 0 atom stereocenters. The standard InChI is InChI=1S/C20H20FN3O5/c1-20(2,3)29-19(26)23-16-9-8-14(21)12-17(16)22-18(25)10-7-13-5-4-6-15(11-13)24(27)28/h4-12H,1-3H3,(H,22,25)(H,23,26)/b10-7+. The molecule has 0 aliphatic rings. The third-order valence-electron chi connectivity index (χ3n) is 3.38. The van der Waals surface area contributed by atoms with Crippen molar-refractivity contribution in [2.24, 2.45) is 0 Å². The molecule has 0 spiro atoms. The molecule has 0 radical (unpaired) electrons. The van der Waals surface area contributed by atoms with Crippen molar-refractivity contribution >= 4 is 35.1 Å². The van der Waals surface area contributed by atoms with Gasteiger partial charge in [0.05, 0.1) is 16.3 Å². The predicted molar refractivity (Wildman–Crippen MR) is 107 cm³/mol. The number of anilines is 2. The van der Waals surface area contributed by atoms with Crippen LogP contribution in [0.4, 0.5) is 26.2 Å². The Hall–Kier alpha value is -3.75. The van der Waals surface area contributed by atoms with E-state index in [0.717, 1.165) is 18.2 Å². The zero-order chi connectivity index (χ0) is 21.6. The van der Waals surface area contributed by atoms with Crippen LogP contribution in [0.1, 0.15) is 26.3 Å². The number of nitrogens with zero attached hydrogens (tertiary/aromatic N) is 1. The lowest BCUT2D eigenvalue weighted by Crippen LogP contribution is -2.27. The molecule has 0 fully saturated rings. The molecule has 8 nitrogen and oxygen atoms in total. The number of hydrogen-bond donors (Lipinski definition) is 2. The number of halogens is 1. The van der Waals surface area contributed by atoms with Crippen molar-refractivity contribution < 1.29 is 23.6 Å². The maximum absolute atomic E-state index is 13.6. The zero-order valence-corrected chi connectivity index (χ0v) is 16.1. The number of ether oxygens (including phenoxy) is 1. The fraction of sp³-hybridized carbons (Fsp3) is 0.200. The highest BCUT2D eigenvalue weighted by Gasteiger charge is 2.18. The number of nitro groups is 1. The van der Waals surface area contributed by atoms with Crippen LogP contribution in [0.25, 0.3) is 6.08 Å². The van der Waals surface area contributed by atoms with E-state index in [4.69, 9.17) is 4.74 Å². The van der Waals surface area contributed by atoms with Crippen molar-refractivity contribution in [1.82, 2.24) is 0 Å². The van der Waals surface area contributed by atoms with E-state index in [0.29, 0.717) is 5.56 Å². The Morgan fingerprint density at radius 3 is 2.48 bits per heavy atom. The summed E-state index contributed by atoms with van der Waals surface area (Å²) in [6.45, 7) is 5.08. The number of nitrogens with one attached hydrogen (secondary N) is 2. The smallest absolute Gasteiger partial charge is 0.412 e. The summed E-state index contributed by atoms with van der Waals surface area (Å²) in [5.74, 6) is -1.23. The van der Waals surface area contributed by atoms with Gasteiger partial charge in [-0.25, -0.2) is 9.18 Å². The molecule has 2 aromatic carbocycles. The van der Waals surface area contributed by atoms with Crippen LogP contribution in [0.15, 0.2) is 48.5 Å². The summed E-state index contributed by atoms with van der Waals surface area (Å²) in [7, 11) is 0. The summed E-state index contributed by atoms with van der Waals surface area (Å²) in [5, 5.41) is 15.7. The minimum absolute atomic E-state index is 0.0320. The van der Waals surface area contributed by atoms with E-state index in [1.807, 2.05) is 0 Å². The molecular formula is C20H20FN3O5. The van der Waals surface area contributed by atoms with Gasteiger partial charge in [-0.3, -0.25) is 20.2 Å². The molecule has 29 heavy (non-hydrogen) atoms. The first-order chi connectivity index (χ1) is 13.5. The van der Waals surface area contributed by atoms with Crippen LogP contribution in [0.5, 0.6) is 0 Å². The fourth-order valence-electron chi connectivity index (χ4n) is 2.23. The van der Waals surface area contributed by atoms with Crippen LogP contribution in [0.2, 0.25) is 0 Å². The number of carbonyl (C=O) groups is 2. The Morgan fingerprint density at radius 1 is 1.10 bits per heavy atom. The van der Waals surface area contributed by atoms with Gasteiger partial charge in [-0.2, -0.15) is 0 Å². The van der Waals surface area contributed by atoms with E-state index in [-0.39, 0.29) is 17.1 Å². The number of hydrogen-bond acceptors (Lipinski definition) is 5. The normalized spacial score (nSPS) is 11.2. The van der Waals surface area contributed by atoms with Gasteiger partial charge >= 0.3 is 6.09 Å². The van der Waals surface area contributed by atoms with E-state index in [1.54, 1.807) is 26.8 Å². The predicted octanol–water partition coefficient (Wildman–Crippen LogP) is 4.73. The van der Waals surface area contributed by atoms with Crippen molar-refractivity contribution in [2.75, 3.05) is 10.6 Å². The van der Waals surface area contributed by atoms with E-state index in [1.165, 1.54) is 30.3 Å². The van der Waals surface area contributed by atoms with Crippen LogP contribution >= 0.6 is 0 Å². The molecule has 2 aromatic rings. The molecule has 0 bridgehead atoms. The van der Waals surface area contributed by atoms with Crippen LogP contribution < -0.4 is 10.6 Å². The third-order valence-corrected chi connectivity index (χ3v) is 3.38. The van der Waals surface area contributed by atoms with Crippen LogP contribution in [0, 0.1) is 15.9 Å². The van der Waals surface area contributed by atoms with Gasteiger partial charge in [0.15, 0.2) is 0 Å². The maximum atomic E-state index is 13.6. The summed E-state index contributed by atoms with van der Waals surface area (Å²) in [5.41, 5.74) is -0.210. The average Bonchev–Trinajstić information content (AvgIpc) is 2.61. The minimum atomic E-state index is -0.758. The highest BCUT2D eigenvalue weighted by Crippen LogP contribution is 2.24. The summed E-state index contributed by atoms with van der Waals surface area (Å²) in [6, 6.07) is 9.19. The highest BCUT2D eigenvalue weighted by atomic mass is 19.1. The molecule has 0 aliphatic heterocycles.